The van der Waals surface area contributed by atoms with E-state index in [2.05, 4.69) is 0 Å². The van der Waals surface area contributed by atoms with Crippen LogP contribution in [0.25, 0.3) is 0 Å². The second-order valence-corrected chi connectivity index (χ2v) is 13.1. The second kappa shape index (κ2) is 9.23. The van der Waals surface area contributed by atoms with E-state index in [1.807, 2.05) is 25.7 Å². The molecule has 0 fully saturated rings. The van der Waals surface area contributed by atoms with Gasteiger partial charge in [0.25, 0.3) is 5.00 Å². The Labute approximate surface area is 170 Å². The molecular formula is C20H24ClFO3SSi. The molecule has 0 aliphatic carbocycles. The zero-order valence-corrected chi connectivity index (χ0v) is 18.4. The normalized spacial score (nSPS) is 15.0. The van der Waals surface area contributed by atoms with E-state index >= 15 is 4.39 Å². The van der Waals surface area contributed by atoms with Gasteiger partial charge in [-0.15, -0.1) is 0 Å². The van der Waals surface area contributed by atoms with Gasteiger partial charge in [-0.05, 0) is 56.4 Å². The molecule has 146 valence electrons. The first-order chi connectivity index (χ1) is 12.7. The predicted octanol–water partition coefficient (Wildman–Crippen LogP) is 6.25. The summed E-state index contributed by atoms with van der Waals surface area (Å²) in [6.07, 6.45) is -1.12. The largest absolute Gasteiger partial charge is 0.463 e. The summed E-state index contributed by atoms with van der Waals surface area (Å²) in [4.78, 5) is 13.3. The van der Waals surface area contributed by atoms with Crippen molar-refractivity contribution in [2.45, 2.75) is 42.6 Å². The molecule has 0 saturated heterocycles. The third-order valence-corrected chi connectivity index (χ3v) is 5.93. The maximum absolute atomic E-state index is 16.4. The number of halogens is 2. The Balaban J connectivity index is 2.53. The molecule has 27 heavy (non-hydrogen) atoms. The molecule has 2 aromatic rings. The van der Waals surface area contributed by atoms with Crippen molar-refractivity contribution in [1.29, 1.82) is 0 Å². The number of esters is 1. The summed E-state index contributed by atoms with van der Waals surface area (Å²) in [6.45, 7) is 7.60. The van der Waals surface area contributed by atoms with E-state index in [9.17, 15) is 4.79 Å². The van der Waals surface area contributed by atoms with Gasteiger partial charge in [0.2, 0.25) is 0 Å². The lowest BCUT2D eigenvalue weighted by Gasteiger charge is -2.35. The maximum Gasteiger partial charge on any atom is 0.358 e. The van der Waals surface area contributed by atoms with E-state index in [-0.39, 0.29) is 6.61 Å². The summed E-state index contributed by atoms with van der Waals surface area (Å²) < 4.78 is 27.7. The summed E-state index contributed by atoms with van der Waals surface area (Å²) in [5, 5.41) is -1.91. The fourth-order valence-electron chi connectivity index (χ4n) is 2.44. The van der Waals surface area contributed by atoms with E-state index in [0.29, 0.717) is 15.5 Å². The number of rotatable bonds is 8. The van der Waals surface area contributed by atoms with Crippen LogP contribution in [0.1, 0.15) is 18.6 Å². The SMILES string of the molecule is CCOC(=O)C(F)(Sc1ccccc1)C(O[Si](C)(C)C)c1ccc(Cl)cc1. The molecule has 0 radical (unpaired) electrons. The van der Waals surface area contributed by atoms with Gasteiger partial charge in [0.05, 0.1) is 6.61 Å². The highest BCUT2D eigenvalue weighted by molar-refractivity contribution is 8.01. The highest BCUT2D eigenvalue weighted by Crippen LogP contribution is 2.47. The summed E-state index contributed by atoms with van der Waals surface area (Å²) in [5.41, 5.74) is 0.542. The summed E-state index contributed by atoms with van der Waals surface area (Å²) in [7, 11) is -2.21. The molecule has 2 unspecified atom stereocenters. The zero-order chi connectivity index (χ0) is 20.1. The van der Waals surface area contributed by atoms with Crippen LogP contribution in [0.15, 0.2) is 59.5 Å². The van der Waals surface area contributed by atoms with Gasteiger partial charge < -0.3 is 9.16 Å². The zero-order valence-electron chi connectivity index (χ0n) is 15.9. The molecule has 0 aromatic heterocycles. The Morgan fingerprint density at radius 3 is 2.26 bits per heavy atom. The highest BCUT2D eigenvalue weighted by atomic mass is 35.5. The van der Waals surface area contributed by atoms with Crippen LogP contribution in [-0.2, 0) is 14.0 Å². The van der Waals surface area contributed by atoms with Crippen LogP contribution in [0.4, 0.5) is 4.39 Å². The van der Waals surface area contributed by atoms with Crippen molar-refractivity contribution < 1.29 is 18.3 Å². The Morgan fingerprint density at radius 1 is 1.15 bits per heavy atom. The van der Waals surface area contributed by atoms with E-state index in [1.165, 1.54) is 0 Å². The van der Waals surface area contributed by atoms with E-state index in [4.69, 9.17) is 20.8 Å². The molecule has 0 saturated carbocycles. The van der Waals surface area contributed by atoms with Gasteiger partial charge in [-0.3, -0.25) is 0 Å². The van der Waals surface area contributed by atoms with Gasteiger partial charge in [0, 0.05) is 9.92 Å². The van der Waals surface area contributed by atoms with Crippen LogP contribution in [0, 0.1) is 0 Å². The predicted molar refractivity (Wildman–Crippen MR) is 111 cm³/mol. The Bertz CT molecular complexity index is 752. The first kappa shape index (κ1) is 22.0. The molecule has 2 atom stereocenters. The molecule has 2 aromatic carbocycles. The lowest BCUT2D eigenvalue weighted by atomic mass is 10.0. The highest BCUT2D eigenvalue weighted by Gasteiger charge is 2.52. The number of benzene rings is 2. The second-order valence-electron chi connectivity index (χ2n) is 6.94. The van der Waals surface area contributed by atoms with Crippen molar-refractivity contribution in [1.82, 2.24) is 0 Å². The first-order valence-corrected chi connectivity index (χ1v) is 13.3. The van der Waals surface area contributed by atoms with Crippen LogP contribution < -0.4 is 0 Å². The van der Waals surface area contributed by atoms with Crippen LogP contribution in [-0.4, -0.2) is 25.9 Å². The average molecular weight is 427 g/mol. The maximum atomic E-state index is 16.4. The quantitative estimate of drug-likeness (QED) is 0.283. The number of carbonyl (C=O) groups excluding carboxylic acids is 1. The molecule has 3 nitrogen and oxygen atoms in total. The first-order valence-electron chi connectivity index (χ1n) is 8.69. The summed E-state index contributed by atoms with van der Waals surface area (Å²) in [6, 6.07) is 15.6. The third-order valence-electron chi connectivity index (χ3n) is 3.54. The summed E-state index contributed by atoms with van der Waals surface area (Å²) in [5.74, 6) is -0.947. The molecule has 0 heterocycles. The number of hydrogen-bond acceptors (Lipinski definition) is 4. The average Bonchev–Trinajstić information content (AvgIpc) is 2.61. The van der Waals surface area contributed by atoms with Gasteiger partial charge in [0.15, 0.2) is 8.32 Å². The topological polar surface area (TPSA) is 35.5 Å². The minimum atomic E-state index is -2.44. The van der Waals surface area contributed by atoms with Gasteiger partial charge in [-0.1, -0.05) is 53.7 Å². The van der Waals surface area contributed by atoms with Crippen molar-refractivity contribution >= 4 is 37.6 Å². The molecular weight excluding hydrogens is 403 g/mol. The monoisotopic (exact) mass is 426 g/mol. The molecule has 0 aliphatic rings. The van der Waals surface area contributed by atoms with Crippen LogP contribution in [0.5, 0.6) is 0 Å². The lowest BCUT2D eigenvalue weighted by molar-refractivity contribution is -0.156. The van der Waals surface area contributed by atoms with E-state index < -0.39 is 25.4 Å². The van der Waals surface area contributed by atoms with Crippen molar-refractivity contribution in [2.75, 3.05) is 6.61 Å². The smallest absolute Gasteiger partial charge is 0.358 e. The molecule has 0 N–H and O–H groups in total. The fraction of sp³-hybridized carbons (Fsp3) is 0.350. The molecule has 0 spiro atoms. The van der Waals surface area contributed by atoms with Crippen molar-refractivity contribution in [3.63, 3.8) is 0 Å². The summed E-state index contributed by atoms with van der Waals surface area (Å²) >= 11 is 6.79. The van der Waals surface area contributed by atoms with Gasteiger partial charge in [-0.2, -0.15) is 0 Å². The van der Waals surface area contributed by atoms with Crippen molar-refractivity contribution in [2.24, 2.45) is 0 Å². The standard InChI is InChI=1S/C20H24ClFO3SSi/c1-5-24-19(23)20(22,26-17-9-7-6-8-10-17)18(25-27(2,3)4)15-11-13-16(21)14-12-15/h6-14,18H,5H2,1-4H3. The lowest BCUT2D eigenvalue weighted by Crippen LogP contribution is -2.44. The van der Waals surface area contributed by atoms with Crippen LogP contribution >= 0.6 is 23.4 Å². The number of ether oxygens (including phenoxy) is 1. The minimum absolute atomic E-state index is 0.0835. The molecule has 0 aliphatic heterocycles. The number of thioether (sulfide) groups is 1. The Morgan fingerprint density at radius 2 is 1.74 bits per heavy atom. The van der Waals surface area contributed by atoms with Crippen LogP contribution in [0.2, 0.25) is 24.7 Å². The molecule has 0 amide bonds. The number of hydrogen-bond donors (Lipinski definition) is 0. The van der Waals surface area contributed by atoms with Gasteiger partial charge in [-0.25, -0.2) is 9.18 Å². The van der Waals surface area contributed by atoms with Crippen molar-refractivity contribution in [3.05, 3.63) is 65.2 Å². The third kappa shape index (κ3) is 6.07. The van der Waals surface area contributed by atoms with Crippen LogP contribution in [0.3, 0.4) is 0 Å². The minimum Gasteiger partial charge on any atom is -0.463 e. The van der Waals surface area contributed by atoms with Gasteiger partial charge in [0.1, 0.15) is 6.10 Å². The molecule has 2 rings (SSSR count). The van der Waals surface area contributed by atoms with E-state index in [1.54, 1.807) is 55.5 Å². The number of alkyl halides is 1. The Kier molecular flexibility index (Phi) is 7.51. The fourth-order valence-corrected chi connectivity index (χ4v) is 4.73. The molecule has 7 heteroatoms. The molecule has 0 bridgehead atoms. The van der Waals surface area contributed by atoms with Gasteiger partial charge >= 0.3 is 5.97 Å². The Hall–Kier alpha value is -1.34. The number of carbonyl (C=O) groups is 1. The van der Waals surface area contributed by atoms with E-state index in [0.717, 1.165) is 11.8 Å². The van der Waals surface area contributed by atoms with Crippen molar-refractivity contribution in [3.8, 4) is 0 Å².